The van der Waals surface area contributed by atoms with Crippen LogP contribution in [0.15, 0.2) is 30.3 Å². The second-order valence-electron chi connectivity index (χ2n) is 2.18. The van der Waals surface area contributed by atoms with Gasteiger partial charge in [-0.1, -0.05) is 0 Å². The van der Waals surface area contributed by atoms with Crippen LogP contribution in [0.2, 0.25) is 0 Å². The maximum absolute atomic E-state index is 3.80. The van der Waals surface area contributed by atoms with Crippen molar-refractivity contribution in [3.8, 4) is 0 Å². The molecule has 0 aliphatic carbocycles. The van der Waals surface area contributed by atoms with E-state index in [2.05, 4.69) is 60.5 Å². The van der Waals surface area contributed by atoms with Crippen molar-refractivity contribution in [2.24, 2.45) is 0 Å². The molecule has 0 radical (unpaired) electrons. The zero-order chi connectivity index (χ0) is 8.10. The molecule has 0 saturated heterocycles. The van der Waals surface area contributed by atoms with E-state index >= 15 is 0 Å². The molecule has 0 unspecified atom stereocenters. The standard InChI is InChI=1S/C6H5.C2H6S.BrH.Ga/c1-2-4-6-5-3-1;1-2-3;;/h1-5H;3H,2H2,1H3;1H;/q;;;+2/p-2. The molecule has 0 atom stereocenters. The van der Waals surface area contributed by atoms with Gasteiger partial charge in [0.25, 0.3) is 0 Å². The summed E-state index contributed by atoms with van der Waals surface area (Å²) in [5.74, 6) is 1.23. The topological polar surface area (TPSA) is 0 Å². The average molecular weight is 288 g/mol. The summed E-state index contributed by atoms with van der Waals surface area (Å²) in [7, 11) is 2.09. The van der Waals surface area contributed by atoms with Crippen LogP contribution < -0.4 is 4.12 Å². The molecule has 0 bridgehead atoms. The normalized spacial score (nSPS) is 9.64. The molecule has 1 aromatic rings. The molecule has 0 aliphatic heterocycles. The van der Waals surface area contributed by atoms with Crippen LogP contribution in [0.3, 0.4) is 0 Å². The molecule has 11 heavy (non-hydrogen) atoms. The molecular formula is C8H10BrGaS. The van der Waals surface area contributed by atoms with E-state index < -0.39 is 13.0 Å². The van der Waals surface area contributed by atoms with Gasteiger partial charge >= 0.3 is 83.4 Å². The first-order valence-electron chi connectivity index (χ1n) is 3.65. The first-order valence-corrected chi connectivity index (χ1v) is 14.5. The van der Waals surface area contributed by atoms with Crippen molar-refractivity contribution in [1.29, 1.82) is 0 Å². The van der Waals surface area contributed by atoms with Crippen LogP contribution in [0.5, 0.6) is 0 Å². The Kier molecular flexibility index (Phi) is 4.76. The third-order valence-corrected chi connectivity index (χ3v) is 16.1. The number of hydrogen-bond acceptors (Lipinski definition) is 1. The Labute approximate surface area is 82.9 Å². The third-order valence-electron chi connectivity index (χ3n) is 1.37. The predicted molar refractivity (Wildman–Crippen MR) is 58.9 cm³/mol. The zero-order valence-corrected chi connectivity index (χ0v) is 11.3. The van der Waals surface area contributed by atoms with Gasteiger partial charge in [-0.2, -0.15) is 0 Å². The molecule has 0 saturated carbocycles. The van der Waals surface area contributed by atoms with Gasteiger partial charge in [0.05, 0.1) is 0 Å². The van der Waals surface area contributed by atoms with Crippen LogP contribution >= 0.6 is 23.3 Å². The fraction of sp³-hybridized carbons (Fsp3) is 0.250. The molecule has 3 heteroatoms. The molecule has 0 aromatic heterocycles. The van der Waals surface area contributed by atoms with Gasteiger partial charge < -0.3 is 0 Å². The Morgan fingerprint density at radius 2 is 2.00 bits per heavy atom. The second kappa shape index (κ2) is 5.35. The zero-order valence-electron chi connectivity index (χ0n) is 6.46. The molecule has 0 aliphatic rings. The van der Waals surface area contributed by atoms with Crippen molar-refractivity contribution < 1.29 is 0 Å². The van der Waals surface area contributed by atoms with E-state index in [4.69, 9.17) is 0 Å². The van der Waals surface area contributed by atoms with E-state index in [1.165, 1.54) is 9.87 Å². The fourth-order valence-electron chi connectivity index (χ4n) is 0.847. The molecule has 0 nitrogen and oxygen atoms in total. The molecule has 0 heterocycles. The quantitative estimate of drug-likeness (QED) is 0.770. The van der Waals surface area contributed by atoms with Crippen molar-refractivity contribution in [3.05, 3.63) is 30.3 Å². The Morgan fingerprint density at radius 1 is 1.36 bits per heavy atom. The van der Waals surface area contributed by atoms with Gasteiger partial charge in [0, 0.05) is 0 Å². The Balaban J connectivity index is 2.61. The Morgan fingerprint density at radius 3 is 2.55 bits per heavy atom. The van der Waals surface area contributed by atoms with Crippen molar-refractivity contribution in [2.75, 3.05) is 5.75 Å². The van der Waals surface area contributed by atoms with Crippen LogP contribution in [0, 0.1) is 0 Å². The molecular weight excluding hydrogens is 278 g/mol. The molecule has 0 fully saturated rings. The summed E-state index contributed by atoms with van der Waals surface area (Å²) >= 11 is 2.52. The summed E-state index contributed by atoms with van der Waals surface area (Å²) in [4.78, 5) is 0. The van der Waals surface area contributed by atoms with Gasteiger partial charge in [-0.15, -0.1) is 0 Å². The molecule has 0 spiro atoms. The maximum atomic E-state index is 3.80. The van der Waals surface area contributed by atoms with Crippen molar-refractivity contribution in [2.45, 2.75) is 6.92 Å². The predicted octanol–water partition coefficient (Wildman–Crippen LogP) is 2.53. The van der Waals surface area contributed by atoms with Crippen LogP contribution in [-0.2, 0) is 0 Å². The Bertz CT molecular complexity index is 203. The summed E-state index contributed by atoms with van der Waals surface area (Å²) in [6.07, 6.45) is 0. The molecule has 1 rings (SSSR count). The average Bonchev–Trinajstić information content (AvgIpc) is 2.07. The number of halogens is 1. The van der Waals surface area contributed by atoms with Crippen LogP contribution in [0.25, 0.3) is 0 Å². The first kappa shape index (κ1) is 9.77. The first-order chi connectivity index (χ1) is 5.34. The second-order valence-corrected chi connectivity index (χ2v) is 18.3. The van der Waals surface area contributed by atoms with E-state index in [0.717, 1.165) is 0 Å². The Hall–Kier alpha value is 0.686. The molecule has 0 N–H and O–H groups in total. The summed E-state index contributed by atoms with van der Waals surface area (Å²) in [6, 6.07) is 10.8. The van der Waals surface area contributed by atoms with Gasteiger partial charge in [0.2, 0.25) is 0 Å². The fourth-order valence-corrected chi connectivity index (χ4v) is 12.0. The van der Waals surface area contributed by atoms with Gasteiger partial charge in [-0.25, -0.2) is 0 Å². The monoisotopic (exact) mass is 286 g/mol. The van der Waals surface area contributed by atoms with E-state index in [-0.39, 0.29) is 0 Å². The van der Waals surface area contributed by atoms with Crippen LogP contribution in [-0.4, -0.2) is 18.8 Å². The summed E-state index contributed by atoms with van der Waals surface area (Å²) in [5.41, 5.74) is 0. The molecule has 58 valence electrons. The number of benzene rings is 1. The summed E-state index contributed by atoms with van der Waals surface area (Å²) < 4.78 is 1.53. The van der Waals surface area contributed by atoms with E-state index in [1.807, 2.05) is 0 Å². The summed E-state index contributed by atoms with van der Waals surface area (Å²) in [6.45, 7) is 2.22. The SMILES string of the molecule is CC[S][Ga]([Br])[c]1ccccc1. The van der Waals surface area contributed by atoms with E-state index in [9.17, 15) is 0 Å². The van der Waals surface area contributed by atoms with Crippen LogP contribution in [0.4, 0.5) is 0 Å². The van der Waals surface area contributed by atoms with E-state index in [1.54, 1.807) is 0 Å². The minimum absolute atomic E-state index is 1.23. The minimum atomic E-state index is -1.28. The van der Waals surface area contributed by atoms with Crippen LogP contribution in [0.1, 0.15) is 6.92 Å². The van der Waals surface area contributed by atoms with Gasteiger partial charge in [-0.05, 0) is 0 Å². The van der Waals surface area contributed by atoms with Crippen molar-refractivity contribution in [1.82, 2.24) is 0 Å². The molecule has 1 aromatic carbocycles. The van der Waals surface area contributed by atoms with Gasteiger partial charge in [0.1, 0.15) is 0 Å². The number of hydrogen-bond donors (Lipinski definition) is 0. The summed E-state index contributed by atoms with van der Waals surface area (Å²) in [5, 5.41) is 0. The van der Waals surface area contributed by atoms with Crippen molar-refractivity contribution >= 4 is 40.4 Å². The third kappa shape index (κ3) is 3.28. The number of rotatable bonds is 3. The van der Waals surface area contributed by atoms with Crippen molar-refractivity contribution in [3.63, 3.8) is 0 Å². The molecule has 0 amide bonds. The van der Waals surface area contributed by atoms with E-state index in [0.29, 0.717) is 0 Å². The van der Waals surface area contributed by atoms with Gasteiger partial charge in [-0.3, -0.25) is 0 Å². The van der Waals surface area contributed by atoms with Gasteiger partial charge in [0.15, 0.2) is 0 Å².